The van der Waals surface area contributed by atoms with Crippen LogP contribution in [0.5, 0.6) is 0 Å². The highest BCUT2D eigenvalue weighted by Crippen LogP contribution is 2.18. The zero-order chi connectivity index (χ0) is 47.5. The van der Waals surface area contributed by atoms with Crippen LogP contribution in [0.4, 0.5) is 0 Å². The lowest BCUT2D eigenvalue weighted by Crippen LogP contribution is -2.30. The van der Waals surface area contributed by atoms with Crippen LogP contribution in [0.25, 0.3) is 0 Å². The third kappa shape index (κ3) is 53.2. The van der Waals surface area contributed by atoms with Crippen LogP contribution in [0.3, 0.4) is 0 Å². The average molecular weight is 920 g/mol. The third-order valence-corrected chi connectivity index (χ3v) is 13.5. The lowest BCUT2D eigenvalue weighted by Gasteiger charge is -2.18. The van der Waals surface area contributed by atoms with Crippen molar-refractivity contribution in [3.05, 3.63) is 0 Å². The highest BCUT2D eigenvalue weighted by Gasteiger charge is 2.19. The van der Waals surface area contributed by atoms with Crippen molar-refractivity contribution in [3.63, 3.8) is 0 Å². The highest BCUT2D eigenvalue weighted by atomic mass is 16.6. The molecule has 0 aromatic heterocycles. The second-order valence-corrected chi connectivity index (χ2v) is 21.2. The number of hydrogen-bond acceptors (Lipinski definition) is 6. The van der Waals surface area contributed by atoms with Gasteiger partial charge < -0.3 is 14.2 Å². The van der Waals surface area contributed by atoms with E-state index in [4.69, 9.17) is 14.2 Å². The maximum atomic E-state index is 12.9. The number of hydrogen-bond donors (Lipinski definition) is 0. The van der Waals surface area contributed by atoms with Crippen LogP contribution in [-0.2, 0) is 28.6 Å². The minimum atomic E-state index is -0.763. The third-order valence-electron chi connectivity index (χ3n) is 13.5. The molecule has 0 saturated heterocycles. The van der Waals surface area contributed by atoms with Crippen LogP contribution >= 0.6 is 0 Å². The van der Waals surface area contributed by atoms with Crippen LogP contribution in [0.2, 0.25) is 0 Å². The van der Waals surface area contributed by atoms with E-state index < -0.39 is 6.10 Å². The summed E-state index contributed by atoms with van der Waals surface area (Å²) in [6.45, 7) is 11.4. The van der Waals surface area contributed by atoms with Gasteiger partial charge in [-0.25, -0.2) is 0 Å². The zero-order valence-electron chi connectivity index (χ0n) is 44.6. The summed E-state index contributed by atoms with van der Waals surface area (Å²) >= 11 is 0. The number of carbonyl (C=O) groups excluding carboxylic acids is 3. The number of carbonyl (C=O) groups is 3. The van der Waals surface area contributed by atoms with Gasteiger partial charge in [-0.05, 0) is 31.1 Å². The fraction of sp³-hybridized carbons (Fsp3) is 0.949. The molecule has 0 aromatic carbocycles. The van der Waals surface area contributed by atoms with E-state index in [1.807, 2.05) is 0 Å². The monoisotopic (exact) mass is 919 g/mol. The Balaban J connectivity index is 4.30. The van der Waals surface area contributed by atoms with E-state index in [1.54, 1.807) is 0 Å². The Morgan fingerprint density at radius 3 is 0.754 bits per heavy atom. The number of unbranched alkanes of at least 4 members (excludes halogenated alkanes) is 38. The Labute approximate surface area is 406 Å². The van der Waals surface area contributed by atoms with Crippen LogP contribution in [0.15, 0.2) is 0 Å². The van der Waals surface area contributed by atoms with Crippen molar-refractivity contribution in [2.75, 3.05) is 13.2 Å². The minimum Gasteiger partial charge on any atom is -0.462 e. The first-order valence-corrected chi connectivity index (χ1v) is 29.2. The van der Waals surface area contributed by atoms with Gasteiger partial charge in [0.05, 0.1) is 0 Å². The van der Waals surface area contributed by atoms with E-state index in [0.29, 0.717) is 19.3 Å². The van der Waals surface area contributed by atoms with Crippen LogP contribution < -0.4 is 0 Å². The summed E-state index contributed by atoms with van der Waals surface area (Å²) in [6.07, 6.45) is 55.2. The first kappa shape index (κ1) is 63.4. The van der Waals surface area contributed by atoms with Crippen LogP contribution in [0.1, 0.15) is 330 Å². The normalized spacial score (nSPS) is 12.0. The summed E-state index contributed by atoms with van der Waals surface area (Å²) in [5.41, 5.74) is 0. The lowest BCUT2D eigenvalue weighted by molar-refractivity contribution is -0.167. The molecule has 386 valence electrons. The minimum absolute atomic E-state index is 0.0625. The fourth-order valence-electron chi connectivity index (χ4n) is 9.05. The van der Waals surface area contributed by atoms with Gasteiger partial charge in [-0.15, -0.1) is 0 Å². The summed E-state index contributed by atoms with van der Waals surface area (Å²) in [4.78, 5) is 38.2. The molecule has 0 aromatic rings. The standard InChI is InChI=1S/C59H114O6/c1-6-7-8-9-10-11-12-13-14-19-24-29-34-39-44-49-57(60)63-52-56(65-59(62)51-46-41-36-31-26-21-16-18-23-28-33-38-43-48-55(4)5)53-64-58(61)50-45-40-35-30-25-20-15-17-22-27-32-37-42-47-54(2)3/h54-56H,6-53H2,1-5H3/t56-/m1/s1. The van der Waals surface area contributed by atoms with Crippen molar-refractivity contribution in [2.24, 2.45) is 11.8 Å². The first-order valence-electron chi connectivity index (χ1n) is 29.2. The molecule has 0 fully saturated rings. The van der Waals surface area contributed by atoms with E-state index in [9.17, 15) is 14.4 Å². The van der Waals surface area contributed by atoms with E-state index in [1.165, 1.54) is 218 Å². The largest absolute Gasteiger partial charge is 0.462 e. The highest BCUT2D eigenvalue weighted by molar-refractivity contribution is 5.71. The van der Waals surface area contributed by atoms with Gasteiger partial charge in [0.2, 0.25) is 0 Å². The van der Waals surface area contributed by atoms with Crippen LogP contribution in [-0.4, -0.2) is 37.2 Å². The Hall–Kier alpha value is -1.59. The second-order valence-electron chi connectivity index (χ2n) is 21.2. The molecular weight excluding hydrogens is 805 g/mol. The molecule has 0 amide bonds. The van der Waals surface area contributed by atoms with Gasteiger partial charge in [-0.1, -0.05) is 291 Å². The molecule has 65 heavy (non-hydrogen) atoms. The molecule has 0 aliphatic carbocycles. The molecule has 0 N–H and O–H groups in total. The molecule has 0 radical (unpaired) electrons. The Kier molecular flexibility index (Phi) is 50.5. The predicted octanol–water partition coefficient (Wildman–Crippen LogP) is 19.3. The van der Waals surface area contributed by atoms with Crippen LogP contribution in [0, 0.1) is 11.8 Å². The molecule has 0 aliphatic rings. The van der Waals surface area contributed by atoms with Gasteiger partial charge in [0.1, 0.15) is 13.2 Å². The van der Waals surface area contributed by atoms with Crippen molar-refractivity contribution in [1.29, 1.82) is 0 Å². The molecular formula is C59H114O6. The molecule has 0 unspecified atom stereocenters. The van der Waals surface area contributed by atoms with Crippen molar-refractivity contribution >= 4 is 17.9 Å². The summed E-state index contributed by atoms with van der Waals surface area (Å²) < 4.78 is 16.9. The van der Waals surface area contributed by atoms with E-state index in [2.05, 4.69) is 34.6 Å². The molecule has 6 nitrogen and oxygen atoms in total. The molecule has 0 aliphatic heterocycles. The predicted molar refractivity (Wildman–Crippen MR) is 280 cm³/mol. The molecule has 0 heterocycles. The zero-order valence-corrected chi connectivity index (χ0v) is 44.6. The smallest absolute Gasteiger partial charge is 0.306 e. The number of esters is 3. The van der Waals surface area contributed by atoms with Crippen molar-refractivity contribution < 1.29 is 28.6 Å². The average Bonchev–Trinajstić information content (AvgIpc) is 3.28. The molecule has 1 atom stereocenters. The summed E-state index contributed by atoms with van der Waals surface area (Å²) in [7, 11) is 0. The molecule has 0 rings (SSSR count). The summed E-state index contributed by atoms with van der Waals surface area (Å²) in [5, 5.41) is 0. The van der Waals surface area contributed by atoms with Gasteiger partial charge >= 0.3 is 17.9 Å². The maximum Gasteiger partial charge on any atom is 0.306 e. The SMILES string of the molecule is CCCCCCCCCCCCCCCCCC(=O)OC[C@H](COC(=O)CCCCCCCCCCCCCCCC(C)C)OC(=O)CCCCCCCCCCCCCCCC(C)C. The number of ether oxygens (including phenoxy) is 3. The fourth-order valence-corrected chi connectivity index (χ4v) is 9.05. The van der Waals surface area contributed by atoms with Crippen molar-refractivity contribution in [2.45, 2.75) is 336 Å². The first-order chi connectivity index (χ1) is 31.7. The summed E-state index contributed by atoms with van der Waals surface area (Å²) in [6, 6.07) is 0. The maximum absolute atomic E-state index is 12.9. The van der Waals surface area contributed by atoms with Gasteiger partial charge in [-0.2, -0.15) is 0 Å². The molecule has 0 saturated carbocycles. The van der Waals surface area contributed by atoms with E-state index in [0.717, 1.165) is 69.6 Å². The van der Waals surface area contributed by atoms with Gasteiger partial charge in [0, 0.05) is 19.3 Å². The van der Waals surface area contributed by atoms with E-state index >= 15 is 0 Å². The van der Waals surface area contributed by atoms with E-state index in [-0.39, 0.29) is 31.1 Å². The quantitative estimate of drug-likeness (QED) is 0.0344. The summed E-state index contributed by atoms with van der Waals surface area (Å²) in [5.74, 6) is 0.840. The second kappa shape index (κ2) is 51.8. The van der Waals surface area contributed by atoms with Crippen molar-refractivity contribution in [1.82, 2.24) is 0 Å². The van der Waals surface area contributed by atoms with Crippen molar-refractivity contribution in [3.8, 4) is 0 Å². The van der Waals surface area contributed by atoms with Gasteiger partial charge in [-0.3, -0.25) is 14.4 Å². The Bertz CT molecular complexity index is 993. The number of rotatable bonds is 53. The molecule has 6 heteroatoms. The Morgan fingerprint density at radius 2 is 0.508 bits per heavy atom. The lowest BCUT2D eigenvalue weighted by atomic mass is 10.0. The van der Waals surface area contributed by atoms with Gasteiger partial charge in [0.25, 0.3) is 0 Å². The topological polar surface area (TPSA) is 78.9 Å². The van der Waals surface area contributed by atoms with Gasteiger partial charge in [0.15, 0.2) is 6.10 Å². The molecule has 0 spiro atoms. The Morgan fingerprint density at radius 1 is 0.292 bits per heavy atom. The molecule has 0 bridgehead atoms.